The lowest BCUT2D eigenvalue weighted by Gasteiger charge is -2.26. The minimum absolute atomic E-state index is 0.288. The highest BCUT2D eigenvalue weighted by atomic mass is 32.2. The normalized spacial score (nSPS) is 14.6. The Morgan fingerprint density at radius 1 is 1.21 bits per heavy atom. The second-order valence-electron chi connectivity index (χ2n) is 6.62. The molecule has 0 aliphatic carbocycles. The Bertz CT molecular complexity index is 963. The molecule has 0 radical (unpaired) electrons. The second-order valence-corrected chi connectivity index (χ2v) is 10.2. The van der Waals surface area contributed by atoms with Gasteiger partial charge in [0.05, 0.1) is 25.2 Å². The molecular formula is C18H23N3O5S2. The van der Waals surface area contributed by atoms with Gasteiger partial charge in [-0.05, 0) is 26.0 Å². The first-order valence-corrected chi connectivity index (χ1v) is 11.1. The number of methoxy groups -OCH3 is 2. The Kier molecular flexibility index (Phi) is 5.92. The summed E-state index contributed by atoms with van der Waals surface area (Å²) in [4.78, 5) is 17.9. The minimum atomic E-state index is -3.32. The molecule has 0 fully saturated rings. The molecule has 2 aromatic rings. The Labute approximate surface area is 168 Å². The van der Waals surface area contributed by atoms with Gasteiger partial charge in [-0.3, -0.25) is 10.1 Å². The summed E-state index contributed by atoms with van der Waals surface area (Å²) in [6, 6.07) is 4.91. The fourth-order valence-corrected chi connectivity index (χ4v) is 5.20. The summed E-state index contributed by atoms with van der Waals surface area (Å²) in [6.07, 6.45) is 0.528. The van der Waals surface area contributed by atoms with Crippen LogP contribution in [0.15, 0.2) is 18.2 Å². The lowest BCUT2D eigenvalue weighted by atomic mass is 10.2. The van der Waals surface area contributed by atoms with E-state index in [1.807, 2.05) is 0 Å². The molecular weight excluding hydrogens is 402 g/mol. The maximum atomic E-state index is 12.6. The van der Waals surface area contributed by atoms with Gasteiger partial charge in [-0.15, -0.1) is 11.3 Å². The molecule has 0 unspecified atom stereocenters. The molecule has 1 aromatic heterocycles. The van der Waals surface area contributed by atoms with E-state index in [2.05, 4.69) is 10.3 Å². The van der Waals surface area contributed by atoms with Crippen LogP contribution < -0.4 is 14.8 Å². The van der Waals surface area contributed by atoms with Gasteiger partial charge in [-0.2, -0.15) is 4.31 Å². The highest BCUT2D eigenvalue weighted by Crippen LogP contribution is 2.31. The number of sulfonamides is 1. The predicted octanol–water partition coefficient (Wildman–Crippen LogP) is 2.51. The average molecular weight is 426 g/mol. The third-order valence-electron chi connectivity index (χ3n) is 4.49. The van der Waals surface area contributed by atoms with Crippen LogP contribution in [-0.4, -0.2) is 49.6 Å². The van der Waals surface area contributed by atoms with Crippen LogP contribution in [0.2, 0.25) is 0 Å². The Morgan fingerprint density at radius 3 is 2.43 bits per heavy atom. The van der Waals surface area contributed by atoms with Gasteiger partial charge in [0.2, 0.25) is 10.0 Å². The number of hydrogen-bond donors (Lipinski definition) is 1. The maximum Gasteiger partial charge on any atom is 0.257 e. The molecule has 0 saturated carbocycles. The van der Waals surface area contributed by atoms with Crippen molar-refractivity contribution in [2.24, 2.45) is 0 Å². The van der Waals surface area contributed by atoms with Crippen molar-refractivity contribution in [3.05, 3.63) is 34.3 Å². The summed E-state index contributed by atoms with van der Waals surface area (Å²) >= 11 is 1.30. The van der Waals surface area contributed by atoms with E-state index in [4.69, 9.17) is 9.47 Å². The summed E-state index contributed by atoms with van der Waals surface area (Å²) in [5, 5.41) is 2.76. The van der Waals surface area contributed by atoms with Crippen LogP contribution in [0.25, 0.3) is 0 Å². The number of hydrogen-bond acceptors (Lipinski definition) is 7. The number of ether oxygens (including phenoxy) is 2. The molecule has 0 spiro atoms. The number of carbonyl (C=O) groups is 1. The zero-order valence-electron chi connectivity index (χ0n) is 16.2. The van der Waals surface area contributed by atoms with Crippen LogP contribution in [-0.2, 0) is 23.0 Å². The second kappa shape index (κ2) is 8.06. The summed E-state index contributed by atoms with van der Waals surface area (Å²) in [7, 11) is -0.285. The molecule has 1 aliphatic rings. The van der Waals surface area contributed by atoms with Crippen molar-refractivity contribution >= 4 is 32.4 Å². The van der Waals surface area contributed by atoms with Gasteiger partial charge >= 0.3 is 0 Å². The number of rotatable bonds is 6. The number of thiazole rings is 1. The van der Waals surface area contributed by atoms with E-state index in [0.717, 1.165) is 10.6 Å². The molecule has 1 aromatic carbocycles. The van der Waals surface area contributed by atoms with E-state index in [1.54, 1.807) is 32.0 Å². The van der Waals surface area contributed by atoms with Crippen molar-refractivity contribution in [3.8, 4) is 11.5 Å². The van der Waals surface area contributed by atoms with E-state index < -0.39 is 15.3 Å². The van der Waals surface area contributed by atoms with E-state index in [9.17, 15) is 13.2 Å². The molecule has 2 heterocycles. The summed E-state index contributed by atoms with van der Waals surface area (Å²) in [5.74, 6) is 0.685. The monoisotopic (exact) mass is 425 g/mol. The van der Waals surface area contributed by atoms with Crippen LogP contribution >= 0.6 is 11.3 Å². The van der Waals surface area contributed by atoms with Crippen LogP contribution in [0.3, 0.4) is 0 Å². The molecule has 3 rings (SSSR count). The number of anilines is 1. The van der Waals surface area contributed by atoms with Crippen LogP contribution in [0, 0.1) is 0 Å². The third-order valence-corrected chi connectivity index (χ3v) is 7.71. The highest BCUT2D eigenvalue weighted by Gasteiger charge is 2.31. The molecule has 152 valence electrons. The smallest absolute Gasteiger partial charge is 0.257 e. The summed E-state index contributed by atoms with van der Waals surface area (Å²) < 4.78 is 36.7. The third kappa shape index (κ3) is 4.13. The van der Waals surface area contributed by atoms with Crippen LogP contribution in [0.4, 0.5) is 5.13 Å². The van der Waals surface area contributed by atoms with Gasteiger partial charge in [0.1, 0.15) is 11.5 Å². The fraction of sp³-hybridized carbons (Fsp3) is 0.444. The Morgan fingerprint density at radius 2 is 1.86 bits per heavy atom. The van der Waals surface area contributed by atoms with Gasteiger partial charge in [0.15, 0.2) is 5.13 Å². The van der Waals surface area contributed by atoms with E-state index >= 15 is 0 Å². The first kappa shape index (κ1) is 20.6. The van der Waals surface area contributed by atoms with Crippen molar-refractivity contribution < 1.29 is 22.7 Å². The molecule has 1 aliphatic heterocycles. The predicted molar refractivity (Wildman–Crippen MR) is 108 cm³/mol. The number of benzene rings is 1. The number of fused-ring (bicyclic) bond motifs is 1. The quantitative estimate of drug-likeness (QED) is 0.764. The largest absolute Gasteiger partial charge is 0.497 e. The molecule has 1 N–H and O–H groups in total. The number of carbonyl (C=O) groups excluding carboxylic acids is 1. The van der Waals surface area contributed by atoms with Crippen molar-refractivity contribution in [1.82, 2.24) is 9.29 Å². The minimum Gasteiger partial charge on any atom is -0.497 e. The summed E-state index contributed by atoms with van der Waals surface area (Å²) in [6.45, 7) is 4.03. The first-order chi connectivity index (χ1) is 13.2. The van der Waals surface area contributed by atoms with Gasteiger partial charge < -0.3 is 9.47 Å². The molecule has 28 heavy (non-hydrogen) atoms. The Hall–Kier alpha value is -2.17. The fourth-order valence-electron chi connectivity index (χ4n) is 2.85. The van der Waals surface area contributed by atoms with Crippen molar-refractivity contribution in [1.29, 1.82) is 0 Å². The van der Waals surface area contributed by atoms with Gasteiger partial charge in [0, 0.05) is 36.0 Å². The summed E-state index contributed by atoms with van der Waals surface area (Å²) in [5.41, 5.74) is 1.21. The lowest BCUT2D eigenvalue weighted by Crippen LogP contribution is -2.39. The molecule has 0 bridgehead atoms. The topological polar surface area (TPSA) is 97.8 Å². The molecule has 1 amide bonds. The van der Waals surface area contributed by atoms with E-state index in [1.165, 1.54) is 29.9 Å². The first-order valence-electron chi connectivity index (χ1n) is 8.76. The SMILES string of the molecule is COc1cc(OC)cc(C(=O)Nc2nc3c(s2)CN(S(=O)(=O)C(C)C)CC3)c1. The van der Waals surface area contributed by atoms with Gasteiger partial charge in [-0.1, -0.05) is 0 Å². The van der Waals surface area contributed by atoms with Crippen molar-refractivity contribution in [3.63, 3.8) is 0 Å². The standard InChI is InChI=1S/C18H23N3O5S2/c1-11(2)28(23,24)21-6-5-15-16(10-21)27-18(19-15)20-17(22)12-7-13(25-3)9-14(8-12)26-4/h7-9,11H,5-6,10H2,1-4H3,(H,19,20,22). The van der Waals surface area contributed by atoms with Gasteiger partial charge in [0.25, 0.3) is 5.91 Å². The Balaban J connectivity index is 1.78. The molecule has 10 heteroatoms. The number of amides is 1. The maximum absolute atomic E-state index is 12.6. The van der Waals surface area contributed by atoms with Crippen LogP contribution in [0.5, 0.6) is 11.5 Å². The van der Waals surface area contributed by atoms with E-state index in [-0.39, 0.29) is 12.5 Å². The molecule has 0 saturated heterocycles. The molecule has 8 nitrogen and oxygen atoms in total. The van der Waals surface area contributed by atoms with Crippen molar-refractivity contribution in [2.75, 3.05) is 26.1 Å². The van der Waals surface area contributed by atoms with Crippen LogP contribution in [0.1, 0.15) is 34.8 Å². The number of nitrogens with zero attached hydrogens (tertiary/aromatic N) is 2. The van der Waals surface area contributed by atoms with Gasteiger partial charge in [-0.25, -0.2) is 13.4 Å². The number of aromatic nitrogens is 1. The molecule has 0 atom stereocenters. The number of nitrogens with one attached hydrogen (secondary N) is 1. The van der Waals surface area contributed by atoms with E-state index in [0.29, 0.717) is 35.2 Å². The average Bonchev–Trinajstić information content (AvgIpc) is 3.08. The lowest BCUT2D eigenvalue weighted by molar-refractivity contribution is 0.102. The highest BCUT2D eigenvalue weighted by molar-refractivity contribution is 7.89. The zero-order chi connectivity index (χ0) is 20.5. The zero-order valence-corrected chi connectivity index (χ0v) is 17.8. The van der Waals surface area contributed by atoms with Crippen molar-refractivity contribution in [2.45, 2.75) is 32.1 Å².